The van der Waals surface area contributed by atoms with Crippen molar-refractivity contribution in [1.29, 1.82) is 0 Å². The number of ether oxygens (including phenoxy) is 2. The maximum atomic E-state index is 12.5. The Kier molecular flexibility index (Phi) is 9.35. The molecule has 2 aliphatic heterocycles. The average Bonchev–Trinajstić information content (AvgIpc) is 3.33. The average molecular weight is 653 g/mol. The van der Waals surface area contributed by atoms with Crippen LogP contribution < -0.4 is 15.0 Å². The molecule has 1 aromatic heterocycles. The summed E-state index contributed by atoms with van der Waals surface area (Å²) in [6.45, 7) is 7.98. The number of benzene rings is 2. The van der Waals surface area contributed by atoms with Gasteiger partial charge in [-0.2, -0.15) is 5.10 Å². The van der Waals surface area contributed by atoms with Crippen LogP contribution in [0.4, 0.5) is 5.69 Å². The van der Waals surface area contributed by atoms with Crippen molar-refractivity contribution in [2.24, 2.45) is 7.05 Å². The molecule has 43 heavy (non-hydrogen) atoms. The minimum Gasteiger partial charge on any atom is -0.490 e. The van der Waals surface area contributed by atoms with Gasteiger partial charge in [-0.3, -0.25) is 24.5 Å². The van der Waals surface area contributed by atoms with Gasteiger partial charge in [0.15, 0.2) is 0 Å². The first kappa shape index (κ1) is 30.1. The number of piperidine rings is 1. The van der Waals surface area contributed by atoms with Crippen LogP contribution in [-0.2, 0) is 21.4 Å². The molecule has 1 aliphatic carbocycles. The summed E-state index contributed by atoms with van der Waals surface area (Å²) in [6, 6.07) is 12.6. The van der Waals surface area contributed by atoms with Gasteiger partial charge in [-0.15, -0.1) is 0 Å². The van der Waals surface area contributed by atoms with Crippen LogP contribution in [0, 0.1) is 6.92 Å². The predicted octanol–water partition coefficient (Wildman–Crippen LogP) is 5.08. The Bertz CT molecular complexity index is 1460. The molecule has 9 nitrogen and oxygen atoms in total. The molecule has 2 aromatic carbocycles. The van der Waals surface area contributed by atoms with Gasteiger partial charge >= 0.3 is 0 Å². The topological polar surface area (TPSA) is 88.9 Å². The molecular formula is C33H42BrN5O4. The highest BCUT2D eigenvalue weighted by Crippen LogP contribution is 2.33. The van der Waals surface area contributed by atoms with E-state index in [0.29, 0.717) is 18.9 Å². The third-order valence-corrected chi connectivity index (χ3v) is 10.1. The van der Waals surface area contributed by atoms with Gasteiger partial charge in [0.2, 0.25) is 11.8 Å². The molecule has 3 aliphatic rings. The monoisotopic (exact) mass is 651 g/mol. The smallest absolute Gasteiger partial charge is 0.235 e. The Morgan fingerprint density at radius 3 is 2.49 bits per heavy atom. The third kappa shape index (κ3) is 7.07. The number of nitrogens with zero attached hydrogens (tertiary/aromatic N) is 4. The minimum atomic E-state index is -0.379. The fourth-order valence-electron chi connectivity index (χ4n) is 6.65. The molecule has 3 aromatic rings. The van der Waals surface area contributed by atoms with Crippen molar-refractivity contribution in [3.63, 3.8) is 0 Å². The molecule has 1 N–H and O–H groups in total. The lowest BCUT2D eigenvalue weighted by atomic mass is 9.93. The van der Waals surface area contributed by atoms with E-state index in [-0.39, 0.29) is 23.8 Å². The Hall–Kier alpha value is -2.95. The van der Waals surface area contributed by atoms with Crippen LogP contribution in [0.5, 0.6) is 5.75 Å². The van der Waals surface area contributed by atoms with Crippen molar-refractivity contribution in [2.45, 2.75) is 70.0 Å². The molecule has 6 rings (SSSR count). The number of carbonyl (C=O) groups is 2. The fraction of sp³-hybridized carbons (Fsp3) is 0.545. The summed E-state index contributed by atoms with van der Waals surface area (Å²) in [5.74, 6) is 0.135. The number of hydrogen-bond acceptors (Lipinski definition) is 7. The number of carbonyl (C=O) groups excluding carboxylic acids is 2. The van der Waals surface area contributed by atoms with Crippen molar-refractivity contribution in [3.05, 3.63) is 52.1 Å². The number of piperazine rings is 1. The van der Waals surface area contributed by atoms with Crippen molar-refractivity contribution >= 4 is 44.3 Å². The lowest BCUT2D eigenvalue weighted by Gasteiger charge is -2.36. The highest BCUT2D eigenvalue weighted by Gasteiger charge is 2.32. The van der Waals surface area contributed by atoms with Crippen LogP contribution in [0.3, 0.4) is 0 Å². The minimum absolute atomic E-state index is 0.202. The zero-order valence-electron chi connectivity index (χ0n) is 25.2. The van der Waals surface area contributed by atoms with Gasteiger partial charge in [0.25, 0.3) is 0 Å². The van der Waals surface area contributed by atoms with E-state index in [9.17, 15) is 9.59 Å². The van der Waals surface area contributed by atoms with Gasteiger partial charge in [0, 0.05) is 68.3 Å². The van der Waals surface area contributed by atoms with E-state index < -0.39 is 0 Å². The molecule has 1 atom stereocenters. The number of imide groups is 1. The van der Waals surface area contributed by atoms with Crippen molar-refractivity contribution in [1.82, 2.24) is 20.0 Å². The molecule has 0 spiro atoms. The number of hydrogen-bond donors (Lipinski definition) is 1. The number of rotatable bonds is 9. The summed E-state index contributed by atoms with van der Waals surface area (Å²) in [7, 11) is 1.92. The first-order chi connectivity index (χ1) is 20.8. The maximum absolute atomic E-state index is 12.5. The predicted molar refractivity (Wildman–Crippen MR) is 171 cm³/mol. The Balaban J connectivity index is 0.914. The summed E-state index contributed by atoms with van der Waals surface area (Å²) in [5.41, 5.74) is 4.16. The van der Waals surface area contributed by atoms with E-state index in [1.54, 1.807) is 0 Å². The van der Waals surface area contributed by atoms with Gasteiger partial charge in [-0.1, -0.05) is 15.9 Å². The standard InChI is InChI=1S/C33H42BrN5O4/c1-22-20-26(9-12-29(22)34)43-25-7-5-24(6-8-25)42-19-3-14-38-15-17-39(18-16-38)23-4-10-27-30(21-23)37(2)36-32(27)28-11-13-31(40)35-33(28)41/h4,9-10,12,20-21,24-25,28H,3,5-8,11,13-19H2,1-2H3,(H,35,40,41). The SMILES string of the molecule is Cc1cc(OC2CCC(OCCCN3CCN(c4ccc5c(C6CCC(=O)NC6=O)nn(C)c5c4)CC3)CC2)ccc1Br. The number of nitrogens with one attached hydrogen (secondary N) is 1. The van der Waals surface area contributed by atoms with Crippen molar-refractivity contribution in [2.75, 3.05) is 44.2 Å². The third-order valence-electron chi connectivity index (χ3n) is 9.20. The maximum Gasteiger partial charge on any atom is 0.235 e. The lowest BCUT2D eigenvalue weighted by Crippen LogP contribution is -2.46. The van der Waals surface area contributed by atoms with E-state index in [1.807, 2.05) is 17.8 Å². The normalized spacial score (nSPS) is 23.5. The van der Waals surface area contributed by atoms with Gasteiger partial charge in [-0.25, -0.2) is 0 Å². The Labute approximate surface area is 262 Å². The van der Waals surface area contributed by atoms with Crippen molar-refractivity contribution < 1.29 is 19.1 Å². The van der Waals surface area contributed by atoms with Crippen LogP contribution >= 0.6 is 15.9 Å². The van der Waals surface area contributed by atoms with Gasteiger partial charge < -0.3 is 14.4 Å². The summed E-state index contributed by atoms with van der Waals surface area (Å²) in [6.07, 6.45) is 6.77. The number of halogens is 1. The Morgan fingerprint density at radius 2 is 1.74 bits per heavy atom. The lowest BCUT2D eigenvalue weighted by molar-refractivity contribution is -0.134. The largest absolute Gasteiger partial charge is 0.490 e. The molecule has 1 unspecified atom stereocenters. The summed E-state index contributed by atoms with van der Waals surface area (Å²) in [5, 5.41) is 8.13. The van der Waals surface area contributed by atoms with Gasteiger partial charge in [0.1, 0.15) is 5.75 Å². The number of amides is 2. The molecule has 3 heterocycles. The van der Waals surface area contributed by atoms with Crippen LogP contribution in [0.25, 0.3) is 10.9 Å². The second-order valence-corrected chi connectivity index (χ2v) is 13.0. The van der Waals surface area contributed by atoms with Gasteiger partial charge in [-0.05, 0) is 87.4 Å². The molecule has 0 radical (unpaired) electrons. The van der Waals surface area contributed by atoms with E-state index in [0.717, 1.165) is 98.3 Å². The number of aryl methyl sites for hydroxylation is 2. The molecule has 3 fully saturated rings. The molecule has 2 amide bonds. The van der Waals surface area contributed by atoms with Gasteiger partial charge in [0.05, 0.1) is 29.3 Å². The van der Waals surface area contributed by atoms with Crippen LogP contribution in [-0.4, -0.2) is 78.0 Å². The fourth-order valence-corrected chi connectivity index (χ4v) is 6.90. The summed E-state index contributed by atoms with van der Waals surface area (Å²) in [4.78, 5) is 29.0. The molecule has 0 bridgehead atoms. The molecule has 230 valence electrons. The van der Waals surface area contributed by atoms with Crippen molar-refractivity contribution in [3.8, 4) is 5.75 Å². The van der Waals surface area contributed by atoms with E-state index >= 15 is 0 Å². The number of fused-ring (bicyclic) bond motifs is 1. The number of aromatic nitrogens is 2. The first-order valence-corrected chi connectivity index (χ1v) is 16.5. The quantitative estimate of drug-likeness (QED) is 0.255. The van der Waals surface area contributed by atoms with Crippen LogP contribution in [0.15, 0.2) is 40.9 Å². The summed E-state index contributed by atoms with van der Waals surface area (Å²) < 4.78 is 15.5. The highest BCUT2D eigenvalue weighted by atomic mass is 79.9. The molecule has 1 saturated carbocycles. The zero-order chi connectivity index (χ0) is 29.9. The van der Waals surface area contributed by atoms with E-state index in [1.165, 1.54) is 11.3 Å². The summed E-state index contributed by atoms with van der Waals surface area (Å²) >= 11 is 3.56. The zero-order valence-corrected chi connectivity index (χ0v) is 26.8. The first-order valence-electron chi connectivity index (χ1n) is 15.7. The molecule has 2 saturated heterocycles. The number of anilines is 1. The Morgan fingerprint density at radius 1 is 0.977 bits per heavy atom. The van der Waals surface area contributed by atoms with E-state index in [4.69, 9.17) is 9.47 Å². The van der Waals surface area contributed by atoms with Crippen LogP contribution in [0.2, 0.25) is 0 Å². The molecule has 10 heteroatoms. The van der Waals surface area contributed by atoms with Crippen LogP contribution in [0.1, 0.15) is 62.1 Å². The highest BCUT2D eigenvalue weighted by molar-refractivity contribution is 9.10. The second-order valence-electron chi connectivity index (χ2n) is 12.2. The molecular weight excluding hydrogens is 610 g/mol. The second kappa shape index (κ2) is 13.4. The van der Waals surface area contributed by atoms with E-state index in [2.05, 4.69) is 73.4 Å².